The van der Waals surface area contributed by atoms with Crippen molar-refractivity contribution in [3.05, 3.63) is 35.4 Å². The Morgan fingerprint density at radius 2 is 2.00 bits per heavy atom. The third-order valence-electron chi connectivity index (χ3n) is 5.62. The fraction of sp³-hybridized carbons (Fsp3) is 0.667. The van der Waals surface area contributed by atoms with Crippen LogP contribution in [0.3, 0.4) is 0 Å². The number of rotatable bonds is 6. The number of halogens is 4. The number of benzene rings is 1. The number of nitrogens with zero attached hydrogens (tertiary/aromatic N) is 3. The molecule has 176 valence electrons. The Hall–Kier alpha value is -1.11. The Morgan fingerprint density at radius 1 is 1.26 bits per heavy atom. The van der Waals surface area contributed by atoms with Gasteiger partial charge in [0, 0.05) is 45.8 Å². The molecule has 1 aromatic rings. The Kier molecular flexibility index (Phi) is 10.3. The first-order valence-corrected chi connectivity index (χ1v) is 10.5. The van der Waals surface area contributed by atoms with E-state index in [0.29, 0.717) is 45.2 Å². The van der Waals surface area contributed by atoms with E-state index in [9.17, 15) is 13.2 Å². The number of hydrogen-bond acceptors (Lipinski definition) is 4. The molecule has 31 heavy (non-hydrogen) atoms. The molecule has 2 aliphatic heterocycles. The van der Waals surface area contributed by atoms with Crippen LogP contribution in [0.4, 0.5) is 13.2 Å². The molecule has 2 fully saturated rings. The van der Waals surface area contributed by atoms with E-state index in [1.54, 1.807) is 7.05 Å². The van der Waals surface area contributed by atoms with E-state index in [1.165, 1.54) is 16.0 Å². The van der Waals surface area contributed by atoms with Crippen molar-refractivity contribution < 1.29 is 17.9 Å². The van der Waals surface area contributed by atoms with E-state index in [-0.39, 0.29) is 36.1 Å². The van der Waals surface area contributed by atoms with Crippen molar-refractivity contribution in [2.24, 2.45) is 4.99 Å². The van der Waals surface area contributed by atoms with Crippen LogP contribution < -0.4 is 10.6 Å². The number of likely N-dealkylation sites (tertiary alicyclic amines) is 1. The van der Waals surface area contributed by atoms with E-state index in [4.69, 9.17) is 4.74 Å². The maximum Gasteiger partial charge on any atom is 0.401 e. The van der Waals surface area contributed by atoms with Gasteiger partial charge in [0.15, 0.2) is 5.96 Å². The second-order valence-electron chi connectivity index (χ2n) is 8.01. The molecule has 2 unspecified atom stereocenters. The highest BCUT2D eigenvalue weighted by Gasteiger charge is 2.34. The van der Waals surface area contributed by atoms with Crippen molar-refractivity contribution in [2.45, 2.75) is 31.6 Å². The summed E-state index contributed by atoms with van der Waals surface area (Å²) in [6.07, 6.45) is -3.49. The molecule has 0 aromatic heterocycles. The number of nitrogens with one attached hydrogen (secondary N) is 2. The average Bonchev–Trinajstić information content (AvgIpc) is 3.13. The van der Waals surface area contributed by atoms with Gasteiger partial charge in [-0.25, -0.2) is 0 Å². The topological polar surface area (TPSA) is 52.1 Å². The average molecular weight is 555 g/mol. The highest BCUT2D eigenvalue weighted by atomic mass is 127. The zero-order valence-electron chi connectivity index (χ0n) is 18.1. The lowest BCUT2D eigenvalue weighted by Gasteiger charge is -2.35. The van der Waals surface area contributed by atoms with Crippen LogP contribution in [0.2, 0.25) is 0 Å². The third kappa shape index (κ3) is 8.39. The number of aryl methyl sites for hydroxylation is 1. The number of hydrogen-bond donors (Lipinski definition) is 2. The van der Waals surface area contributed by atoms with Gasteiger partial charge in [-0.05, 0) is 18.9 Å². The number of ether oxygens (including phenoxy) is 1. The summed E-state index contributed by atoms with van der Waals surface area (Å²) in [6, 6.07) is 8.61. The summed E-state index contributed by atoms with van der Waals surface area (Å²) in [5.74, 6) is 0.625. The summed E-state index contributed by atoms with van der Waals surface area (Å²) < 4.78 is 43.4. The van der Waals surface area contributed by atoms with Crippen molar-refractivity contribution in [2.75, 3.05) is 59.5 Å². The first-order chi connectivity index (χ1) is 14.3. The summed E-state index contributed by atoms with van der Waals surface area (Å²) in [7, 11) is 1.69. The molecule has 2 atom stereocenters. The van der Waals surface area contributed by atoms with E-state index >= 15 is 0 Å². The van der Waals surface area contributed by atoms with Crippen LogP contribution in [-0.4, -0.2) is 87.5 Å². The van der Waals surface area contributed by atoms with E-state index < -0.39 is 12.7 Å². The zero-order chi connectivity index (χ0) is 21.6. The zero-order valence-corrected chi connectivity index (χ0v) is 20.5. The van der Waals surface area contributed by atoms with Crippen molar-refractivity contribution in [3.8, 4) is 0 Å². The molecule has 10 heteroatoms. The minimum Gasteiger partial charge on any atom is -0.379 e. The number of aliphatic imine (C=N–C) groups is 1. The highest BCUT2D eigenvalue weighted by Crippen LogP contribution is 2.23. The number of morpholine rings is 1. The van der Waals surface area contributed by atoms with Gasteiger partial charge in [0.05, 0.1) is 25.8 Å². The largest absolute Gasteiger partial charge is 0.401 e. The summed E-state index contributed by atoms with van der Waals surface area (Å²) >= 11 is 0. The highest BCUT2D eigenvalue weighted by molar-refractivity contribution is 14.0. The third-order valence-corrected chi connectivity index (χ3v) is 5.62. The van der Waals surface area contributed by atoms with Crippen LogP contribution in [0.1, 0.15) is 23.6 Å². The summed E-state index contributed by atoms with van der Waals surface area (Å²) in [5.41, 5.74) is 2.45. The maximum absolute atomic E-state index is 12.6. The van der Waals surface area contributed by atoms with E-state index in [1.807, 2.05) is 0 Å². The van der Waals surface area contributed by atoms with Crippen molar-refractivity contribution in [1.82, 2.24) is 20.4 Å². The Labute approximate surface area is 199 Å². The summed E-state index contributed by atoms with van der Waals surface area (Å²) in [4.78, 5) is 8.13. The fourth-order valence-electron chi connectivity index (χ4n) is 4.15. The summed E-state index contributed by atoms with van der Waals surface area (Å²) in [5, 5.41) is 6.68. The van der Waals surface area contributed by atoms with Gasteiger partial charge in [-0.3, -0.25) is 14.8 Å². The second-order valence-corrected chi connectivity index (χ2v) is 8.01. The Balaban J connectivity index is 0.00000341. The van der Waals surface area contributed by atoms with Gasteiger partial charge in [0.2, 0.25) is 0 Å². The SMILES string of the molecule is CN=C(NCC(c1cccc(C)c1)N1CCOCC1)NC1CCN(CC(F)(F)F)C1.I. The molecule has 0 saturated carbocycles. The lowest BCUT2D eigenvalue weighted by atomic mass is 10.0. The molecule has 2 saturated heterocycles. The second kappa shape index (κ2) is 12.2. The predicted molar refractivity (Wildman–Crippen MR) is 127 cm³/mol. The van der Waals surface area contributed by atoms with E-state index in [2.05, 4.69) is 51.7 Å². The van der Waals surface area contributed by atoms with Gasteiger partial charge in [-0.15, -0.1) is 24.0 Å². The van der Waals surface area contributed by atoms with Crippen LogP contribution in [0.25, 0.3) is 0 Å². The molecule has 0 aliphatic carbocycles. The molecule has 2 aliphatic rings. The molecule has 2 heterocycles. The van der Waals surface area contributed by atoms with Crippen LogP contribution >= 0.6 is 24.0 Å². The minimum atomic E-state index is -4.16. The molecule has 1 aromatic carbocycles. The monoisotopic (exact) mass is 555 g/mol. The van der Waals surface area contributed by atoms with Gasteiger partial charge in [-0.1, -0.05) is 29.8 Å². The van der Waals surface area contributed by atoms with Gasteiger partial charge >= 0.3 is 6.18 Å². The first-order valence-electron chi connectivity index (χ1n) is 10.5. The predicted octanol–water partition coefficient (Wildman–Crippen LogP) is 2.79. The Bertz CT molecular complexity index is 713. The fourth-order valence-corrected chi connectivity index (χ4v) is 4.15. The van der Waals surface area contributed by atoms with Gasteiger partial charge in [0.1, 0.15) is 0 Å². The lowest BCUT2D eigenvalue weighted by molar-refractivity contribution is -0.143. The van der Waals surface area contributed by atoms with Gasteiger partial charge in [-0.2, -0.15) is 13.2 Å². The lowest BCUT2D eigenvalue weighted by Crippen LogP contribution is -2.49. The van der Waals surface area contributed by atoms with Crippen LogP contribution in [0.5, 0.6) is 0 Å². The van der Waals surface area contributed by atoms with E-state index in [0.717, 1.165) is 13.1 Å². The van der Waals surface area contributed by atoms with Gasteiger partial charge in [0.25, 0.3) is 0 Å². The van der Waals surface area contributed by atoms with Crippen molar-refractivity contribution in [1.29, 1.82) is 0 Å². The maximum atomic E-state index is 12.6. The van der Waals surface area contributed by atoms with Crippen LogP contribution in [0, 0.1) is 6.92 Å². The standard InChI is InChI=1S/C21H32F3N5O.HI/c1-16-4-3-5-17(12-16)19(29-8-10-30-11-9-29)13-26-20(25-2)27-18-6-7-28(14-18)15-21(22,23)24;/h3-5,12,18-19H,6-11,13-15H2,1-2H3,(H2,25,26,27);1H. The first kappa shape index (κ1) is 26.1. The van der Waals surface area contributed by atoms with Crippen LogP contribution in [0.15, 0.2) is 29.3 Å². The molecular formula is C21H33F3IN5O. The van der Waals surface area contributed by atoms with Crippen molar-refractivity contribution >= 4 is 29.9 Å². The smallest absolute Gasteiger partial charge is 0.379 e. The normalized spacial score (nSPS) is 22.1. The molecule has 0 spiro atoms. The molecule has 0 amide bonds. The molecule has 2 N–H and O–H groups in total. The van der Waals surface area contributed by atoms with Crippen LogP contribution in [-0.2, 0) is 4.74 Å². The molecule has 0 bridgehead atoms. The van der Waals surface area contributed by atoms with Gasteiger partial charge < -0.3 is 15.4 Å². The summed E-state index contributed by atoms with van der Waals surface area (Å²) in [6.45, 7) is 5.84. The number of guanidine groups is 1. The quantitative estimate of drug-likeness (QED) is 0.322. The molecule has 6 nitrogen and oxygen atoms in total. The Morgan fingerprint density at radius 3 is 2.65 bits per heavy atom. The molecule has 0 radical (unpaired) electrons. The minimum absolute atomic E-state index is 0. The van der Waals surface area contributed by atoms with Crippen molar-refractivity contribution in [3.63, 3.8) is 0 Å². The molecule has 3 rings (SSSR count). The molecular weight excluding hydrogens is 522 g/mol. The number of alkyl halides is 3.